The van der Waals surface area contributed by atoms with Crippen LogP contribution in [0, 0.1) is 6.92 Å². The van der Waals surface area contributed by atoms with Crippen LogP contribution in [0.15, 0.2) is 52.2 Å². The van der Waals surface area contributed by atoms with Crippen LogP contribution in [0.5, 0.6) is 0 Å². The Balaban J connectivity index is 1.70. The summed E-state index contributed by atoms with van der Waals surface area (Å²) in [7, 11) is 0. The van der Waals surface area contributed by atoms with Gasteiger partial charge < -0.3 is 9.73 Å². The lowest BCUT2D eigenvalue weighted by atomic mass is 10.2. The van der Waals surface area contributed by atoms with E-state index in [-0.39, 0.29) is 24.7 Å². The number of nitrogens with zero attached hydrogens (tertiary/aromatic N) is 1. The second kappa shape index (κ2) is 7.78. The Bertz CT molecular complexity index is 663. The van der Waals surface area contributed by atoms with E-state index < -0.39 is 0 Å². The lowest BCUT2D eigenvalue weighted by molar-refractivity contribution is -0.124. The molecular weight excluding hydrogens is 282 g/mol. The van der Waals surface area contributed by atoms with Gasteiger partial charge in [0.1, 0.15) is 5.76 Å². The molecule has 0 saturated carbocycles. The van der Waals surface area contributed by atoms with E-state index in [0.29, 0.717) is 5.76 Å². The highest BCUT2D eigenvalue weighted by atomic mass is 16.3. The number of carbonyl (C=O) groups excluding carboxylic acids is 2. The second-order valence-electron chi connectivity index (χ2n) is 4.73. The summed E-state index contributed by atoms with van der Waals surface area (Å²) in [6, 6.07) is 10.9. The number of amides is 2. The number of anilines is 1. The van der Waals surface area contributed by atoms with Crippen LogP contribution in [0.2, 0.25) is 0 Å². The third-order valence-corrected chi connectivity index (χ3v) is 2.81. The lowest BCUT2D eigenvalue weighted by Gasteiger charge is -2.05. The van der Waals surface area contributed by atoms with Crippen molar-refractivity contribution in [3.8, 4) is 0 Å². The summed E-state index contributed by atoms with van der Waals surface area (Å²) in [6.07, 6.45) is 3.06. The topological polar surface area (TPSA) is 83.7 Å². The van der Waals surface area contributed by atoms with Crippen molar-refractivity contribution in [2.24, 2.45) is 5.10 Å². The molecule has 114 valence electrons. The third-order valence-electron chi connectivity index (χ3n) is 2.81. The minimum absolute atomic E-state index is 0.0626. The van der Waals surface area contributed by atoms with Crippen LogP contribution in [0.25, 0.3) is 0 Å². The first-order chi connectivity index (χ1) is 10.6. The first-order valence-electron chi connectivity index (χ1n) is 6.85. The fourth-order valence-electron chi connectivity index (χ4n) is 1.76. The molecule has 22 heavy (non-hydrogen) atoms. The van der Waals surface area contributed by atoms with Crippen molar-refractivity contribution >= 4 is 23.7 Å². The molecule has 1 heterocycles. The minimum Gasteiger partial charge on any atom is -0.463 e. The molecule has 0 bridgehead atoms. The molecule has 6 heteroatoms. The number of carbonyl (C=O) groups is 2. The van der Waals surface area contributed by atoms with Crippen LogP contribution in [0.3, 0.4) is 0 Å². The minimum atomic E-state index is -0.331. The summed E-state index contributed by atoms with van der Waals surface area (Å²) in [4.78, 5) is 23.3. The summed E-state index contributed by atoms with van der Waals surface area (Å²) in [5.74, 6) is -0.00421. The van der Waals surface area contributed by atoms with Crippen LogP contribution < -0.4 is 10.7 Å². The predicted molar refractivity (Wildman–Crippen MR) is 83.5 cm³/mol. The van der Waals surface area contributed by atoms with Gasteiger partial charge in [-0.3, -0.25) is 9.59 Å². The Morgan fingerprint density at radius 1 is 1.18 bits per heavy atom. The van der Waals surface area contributed by atoms with Gasteiger partial charge in [-0.1, -0.05) is 12.1 Å². The Kier molecular flexibility index (Phi) is 5.48. The number of hydrogen-bond acceptors (Lipinski definition) is 4. The summed E-state index contributed by atoms with van der Waals surface area (Å²) < 4.78 is 5.02. The summed E-state index contributed by atoms with van der Waals surface area (Å²) >= 11 is 0. The van der Waals surface area contributed by atoms with Crippen molar-refractivity contribution in [2.75, 3.05) is 5.32 Å². The van der Waals surface area contributed by atoms with Gasteiger partial charge in [-0.25, -0.2) is 5.43 Å². The van der Waals surface area contributed by atoms with Crippen molar-refractivity contribution in [3.63, 3.8) is 0 Å². The van der Waals surface area contributed by atoms with E-state index in [4.69, 9.17) is 4.42 Å². The molecule has 2 amide bonds. The molecule has 0 atom stereocenters. The van der Waals surface area contributed by atoms with Gasteiger partial charge in [-0.05, 0) is 36.8 Å². The molecule has 0 aliphatic carbocycles. The molecule has 0 aliphatic rings. The average Bonchev–Trinajstić information content (AvgIpc) is 2.98. The van der Waals surface area contributed by atoms with E-state index in [1.165, 1.54) is 12.5 Å². The number of furan rings is 1. The highest BCUT2D eigenvalue weighted by Gasteiger charge is 2.06. The van der Waals surface area contributed by atoms with Crippen molar-refractivity contribution in [1.82, 2.24) is 5.43 Å². The van der Waals surface area contributed by atoms with Crippen LogP contribution in [-0.2, 0) is 9.59 Å². The molecular formula is C16H17N3O3. The Hall–Kier alpha value is -2.89. The van der Waals surface area contributed by atoms with Gasteiger partial charge in [0.2, 0.25) is 11.8 Å². The molecule has 0 radical (unpaired) electrons. The molecule has 0 fully saturated rings. The van der Waals surface area contributed by atoms with E-state index in [0.717, 1.165) is 11.3 Å². The molecule has 2 rings (SSSR count). The summed E-state index contributed by atoms with van der Waals surface area (Å²) in [6.45, 7) is 1.94. The van der Waals surface area contributed by atoms with E-state index in [1.54, 1.807) is 18.2 Å². The maximum atomic E-state index is 11.7. The van der Waals surface area contributed by atoms with Crippen molar-refractivity contribution in [3.05, 3.63) is 54.0 Å². The third kappa shape index (κ3) is 5.24. The molecule has 2 N–H and O–H groups in total. The molecule has 1 aromatic carbocycles. The predicted octanol–water partition coefficient (Wildman–Crippen LogP) is 2.46. The first kappa shape index (κ1) is 15.5. The number of hydrogen-bond donors (Lipinski definition) is 2. The number of benzene rings is 1. The van der Waals surface area contributed by atoms with Gasteiger partial charge in [0.05, 0.1) is 12.5 Å². The van der Waals surface area contributed by atoms with Crippen molar-refractivity contribution in [1.29, 1.82) is 0 Å². The normalized spacial score (nSPS) is 10.6. The summed E-state index contributed by atoms with van der Waals surface area (Å²) in [5.41, 5.74) is 4.12. The lowest BCUT2D eigenvalue weighted by Crippen LogP contribution is -2.20. The fourth-order valence-corrected chi connectivity index (χ4v) is 1.76. The maximum Gasteiger partial charge on any atom is 0.240 e. The first-order valence-corrected chi connectivity index (χ1v) is 6.85. The van der Waals surface area contributed by atoms with E-state index in [1.807, 2.05) is 25.1 Å². The van der Waals surface area contributed by atoms with Gasteiger partial charge >= 0.3 is 0 Å². The van der Waals surface area contributed by atoms with Crippen LogP contribution in [-0.4, -0.2) is 18.0 Å². The molecule has 2 aromatic rings. The number of aryl methyl sites for hydroxylation is 1. The van der Waals surface area contributed by atoms with E-state index >= 15 is 0 Å². The monoisotopic (exact) mass is 299 g/mol. The Morgan fingerprint density at radius 2 is 2.00 bits per heavy atom. The number of hydrazone groups is 1. The number of nitrogens with one attached hydrogen (secondary N) is 2. The summed E-state index contributed by atoms with van der Waals surface area (Å²) in [5, 5.41) is 6.48. The Morgan fingerprint density at radius 3 is 2.73 bits per heavy atom. The molecule has 1 aromatic heterocycles. The smallest absolute Gasteiger partial charge is 0.240 e. The molecule has 0 saturated heterocycles. The highest BCUT2D eigenvalue weighted by Crippen LogP contribution is 2.10. The number of rotatable bonds is 6. The molecule has 6 nitrogen and oxygen atoms in total. The van der Waals surface area contributed by atoms with Gasteiger partial charge in [0.25, 0.3) is 0 Å². The zero-order chi connectivity index (χ0) is 15.8. The SMILES string of the molecule is Cc1cccc(NC(=O)CCC(=O)N/N=C\c2ccco2)c1. The standard InChI is InChI=1S/C16H17N3O3/c1-12-4-2-5-13(10-12)18-15(20)7-8-16(21)19-17-11-14-6-3-9-22-14/h2-6,9-11H,7-8H2,1H3,(H,18,20)(H,19,21)/b17-11-. The Labute approximate surface area is 128 Å². The van der Waals surface area contributed by atoms with Crippen LogP contribution in [0.1, 0.15) is 24.2 Å². The van der Waals surface area contributed by atoms with Crippen molar-refractivity contribution < 1.29 is 14.0 Å². The van der Waals surface area contributed by atoms with Crippen LogP contribution in [0.4, 0.5) is 5.69 Å². The van der Waals surface area contributed by atoms with E-state index in [2.05, 4.69) is 15.8 Å². The van der Waals surface area contributed by atoms with Crippen molar-refractivity contribution in [2.45, 2.75) is 19.8 Å². The van der Waals surface area contributed by atoms with E-state index in [9.17, 15) is 9.59 Å². The molecule has 0 aliphatic heterocycles. The van der Waals surface area contributed by atoms with Crippen LogP contribution >= 0.6 is 0 Å². The quantitative estimate of drug-likeness (QED) is 0.635. The van der Waals surface area contributed by atoms with Gasteiger partial charge in [0, 0.05) is 18.5 Å². The van der Waals surface area contributed by atoms with Gasteiger partial charge in [0.15, 0.2) is 0 Å². The maximum absolute atomic E-state index is 11.7. The molecule has 0 unspecified atom stereocenters. The fraction of sp³-hybridized carbons (Fsp3) is 0.188. The highest BCUT2D eigenvalue weighted by molar-refractivity contribution is 5.93. The zero-order valence-corrected chi connectivity index (χ0v) is 12.2. The van der Waals surface area contributed by atoms with Gasteiger partial charge in [-0.15, -0.1) is 0 Å². The molecule has 0 spiro atoms. The largest absolute Gasteiger partial charge is 0.463 e. The van der Waals surface area contributed by atoms with Gasteiger partial charge in [-0.2, -0.15) is 5.10 Å². The second-order valence-corrected chi connectivity index (χ2v) is 4.73. The average molecular weight is 299 g/mol. The zero-order valence-electron chi connectivity index (χ0n) is 12.2.